The summed E-state index contributed by atoms with van der Waals surface area (Å²) < 4.78 is 10.5. The van der Waals surface area contributed by atoms with Crippen molar-refractivity contribution in [3.8, 4) is 17.5 Å². The number of nitrogens with two attached hydrogens (primary N) is 1. The SMILES string of the molecule is CC(NC(=O)c1c(N)[nH][n+]2cccnc12)c1cc2cccc(C#Cc3cnn(CCN4CCOCC4)c3)c2c(=O)n1-c1ccccc1. The Labute approximate surface area is 270 Å². The molecule has 5 heterocycles. The lowest BCUT2D eigenvalue weighted by Crippen LogP contribution is -2.38. The molecule has 0 bridgehead atoms. The Morgan fingerprint density at radius 1 is 1.11 bits per heavy atom. The predicted octanol–water partition coefficient (Wildman–Crippen LogP) is 2.45. The average Bonchev–Trinajstić information content (AvgIpc) is 3.70. The van der Waals surface area contributed by atoms with Crippen molar-refractivity contribution in [2.75, 3.05) is 38.6 Å². The summed E-state index contributed by atoms with van der Waals surface area (Å²) in [4.78, 5) is 34.6. The first-order chi connectivity index (χ1) is 23.0. The summed E-state index contributed by atoms with van der Waals surface area (Å²) in [5, 5.41) is 11.7. The number of carbonyl (C=O) groups excluding carboxylic acids is 1. The van der Waals surface area contributed by atoms with E-state index in [1.165, 1.54) is 0 Å². The molecule has 1 atom stereocenters. The second-order valence-corrected chi connectivity index (χ2v) is 11.4. The van der Waals surface area contributed by atoms with Crippen molar-refractivity contribution in [2.24, 2.45) is 0 Å². The molecule has 0 aliphatic carbocycles. The quantitative estimate of drug-likeness (QED) is 0.182. The summed E-state index contributed by atoms with van der Waals surface area (Å²) >= 11 is 0. The lowest BCUT2D eigenvalue weighted by atomic mass is 10.0. The molecule has 6 aromatic rings. The van der Waals surface area contributed by atoms with Gasteiger partial charge in [-0.3, -0.25) is 23.7 Å². The van der Waals surface area contributed by atoms with Gasteiger partial charge in [-0.05, 0) is 41.6 Å². The summed E-state index contributed by atoms with van der Waals surface area (Å²) in [5.41, 5.74) is 9.21. The van der Waals surface area contributed by atoms with Crippen LogP contribution in [0.15, 0.2) is 90.2 Å². The largest absolute Gasteiger partial charge is 0.382 e. The number of rotatable bonds is 7. The van der Waals surface area contributed by atoms with E-state index in [0.717, 1.165) is 50.3 Å². The molecule has 12 heteroatoms. The topological polar surface area (TPSA) is 140 Å². The van der Waals surface area contributed by atoms with Gasteiger partial charge in [-0.25, -0.2) is 5.10 Å². The first kappa shape index (κ1) is 29.9. The normalized spacial score (nSPS) is 14.1. The molecule has 4 aromatic heterocycles. The third kappa shape index (κ3) is 6.09. The van der Waals surface area contributed by atoms with Crippen molar-refractivity contribution in [3.05, 3.63) is 118 Å². The molecule has 0 saturated carbocycles. The maximum atomic E-state index is 14.4. The van der Waals surface area contributed by atoms with Crippen LogP contribution in [-0.2, 0) is 11.3 Å². The molecule has 1 unspecified atom stereocenters. The summed E-state index contributed by atoms with van der Waals surface area (Å²) in [6.45, 7) is 6.88. The first-order valence-electron chi connectivity index (χ1n) is 15.5. The van der Waals surface area contributed by atoms with Crippen molar-refractivity contribution in [1.29, 1.82) is 0 Å². The number of ether oxygens (including phenoxy) is 1. The van der Waals surface area contributed by atoms with E-state index in [9.17, 15) is 9.59 Å². The van der Waals surface area contributed by atoms with Gasteiger partial charge in [0.05, 0.1) is 42.9 Å². The number of aromatic amines is 1. The molecule has 1 aliphatic heterocycles. The highest BCUT2D eigenvalue weighted by Crippen LogP contribution is 2.24. The van der Waals surface area contributed by atoms with Gasteiger partial charge in [0.2, 0.25) is 0 Å². The number of pyridine rings is 1. The number of hydrogen-bond donors (Lipinski definition) is 3. The molecule has 1 fully saturated rings. The van der Waals surface area contributed by atoms with Gasteiger partial charge in [0.15, 0.2) is 11.4 Å². The molecule has 1 amide bonds. The molecule has 7 rings (SSSR count). The lowest BCUT2D eigenvalue weighted by Gasteiger charge is -2.26. The zero-order valence-electron chi connectivity index (χ0n) is 25.9. The Bertz CT molecular complexity index is 2200. The third-order valence-corrected chi connectivity index (χ3v) is 8.31. The van der Waals surface area contributed by atoms with Gasteiger partial charge in [-0.1, -0.05) is 42.2 Å². The van der Waals surface area contributed by atoms with Crippen LogP contribution in [0.5, 0.6) is 0 Å². The summed E-state index contributed by atoms with van der Waals surface area (Å²) in [6, 6.07) is 18.1. The lowest BCUT2D eigenvalue weighted by molar-refractivity contribution is -0.577. The molecule has 1 aliphatic rings. The number of fused-ring (bicyclic) bond motifs is 2. The molecule has 236 valence electrons. The number of amides is 1. The minimum absolute atomic E-state index is 0.193. The second-order valence-electron chi connectivity index (χ2n) is 11.4. The van der Waals surface area contributed by atoms with Crippen LogP contribution in [0.4, 0.5) is 5.82 Å². The average molecular weight is 629 g/mol. The smallest absolute Gasteiger partial charge is 0.362 e. The van der Waals surface area contributed by atoms with E-state index in [2.05, 4.69) is 37.2 Å². The van der Waals surface area contributed by atoms with E-state index in [1.807, 2.05) is 72.4 Å². The van der Waals surface area contributed by atoms with E-state index in [1.54, 1.807) is 33.7 Å². The Balaban J connectivity index is 1.22. The van der Waals surface area contributed by atoms with Crippen LogP contribution < -0.4 is 21.1 Å². The van der Waals surface area contributed by atoms with Gasteiger partial charge in [0.25, 0.3) is 11.5 Å². The maximum absolute atomic E-state index is 14.4. The second kappa shape index (κ2) is 12.9. The van der Waals surface area contributed by atoms with E-state index in [0.29, 0.717) is 28.0 Å². The monoisotopic (exact) mass is 628 g/mol. The minimum Gasteiger partial charge on any atom is -0.382 e. The number of nitrogens with one attached hydrogen (secondary N) is 2. The molecule has 12 nitrogen and oxygen atoms in total. The molecule has 0 radical (unpaired) electrons. The Morgan fingerprint density at radius 3 is 2.77 bits per heavy atom. The highest BCUT2D eigenvalue weighted by molar-refractivity contribution is 6.03. The maximum Gasteiger partial charge on any atom is 0.362 e. The number of benzene rings is 2. The molecule has 2 aromatic carbocycles. The van der Waals surface area contributed by atoms with E-state index < -0.39 is 11.9 Å². The fourth-order valence-corrected chi connectivity index (χ4v) is 5.93. The van der Waals surface area contributed by atoms with Crippen molar-refractivity contribution in [2.45, 2.75) is 19.5 Å². The Kier molecular flexibility index (Phi) is 8.22. The Hall–Kier alpha value is -5.77. The molecule has 47 heavy (non-hydrogen) atoms. The van der Waals surface area contributed by atoms with Gasteiger partial charge >= 0.3 is 5.65 Å². The van der Waals surface area contributed by atoms with E-state index in [-0.39, 0.29) is 16.9 Å². The van der Waals surface area contributed by atoms with Crippen molar-refractivity contribution in [3.63, 3.8) is 0 Å². The van der Waals surface area contributed by atoms with Gasteiger partial charge < -0.3 is 15.8 Å². The number of nitrogens with zero attached hydrogens (tertiary/aromatic N) is 6. The molecule has 0 spiro atoms. The van der Waals surface area contributed by atoms with Gasteiger partial charge in [-0.2, -0.15) is 5.10 Å². The van der Waals surface area contributed by atoms with Gasteiger partial charge in [0.1, 0.15) is 12.4 Å². The van der Waals surface area contributed by atoms with Crippen LogP contribution in [0, 0.1) is 11.8 Å². The molecule has 4 N–H and O–H groups in total. The molecule has 1 saturated heterocycles. The summed E-state index contributed by atoms with van der Waals surface area (Å²) in [7, 11) is 0. The predicted molar refractivity (Wildman–Crippen MR) is 177 cm³/mol. The highest BCUT2D eigenvalue weighted by atomic mass is 16.5. The van der Waals surface area contributed by atoms with Crippen LogP contribution in [0.3, 0.4) is 0 Å². The van der Waals surface area contributed by atoms with E-state index in [4.69, 9.17) is 10.5 Å². The fraction of sp³-hybridized carbons (Fsp3) is 0.229. The zero-order chi connectivity index (χ0) is 32.3. The van der Waals surface area contributed by atoms with Crippen molar-refractivity contribution < 1.29 is 14.0 Å². The number of H-pyrrole nitrogens is 1. The molecular weight excluding hydrogens is 594 g/mol. The highest BCUT2D eigenvalue weighted by Gasteiger charge is 2.27. The zero-order valence-corrected chi connectivity index (χ0v) is 25.9. The summed E-state index contributed by atoms with van der Waals surface area (Å²) in [6.07, 6.45) is 7.00. The number of para-hydroxylation sites is 1. The number of aromatic nitrogens is 6. The van der Waals surface area contributed by atoms with Gasteiger partial charge in [-0.15, -0.1) is 4.52 Å². The van der Waals surface area contributed by atoms with Crippen LogP contribution in [0.1, 0.15) is 40.1 Å². The van der Waals surface area contributed by atoms with Crippen molar-refractivity contribution >= 4 is 28.1 Å². The van der Waals surface area contributed by atoms with Gasteiger partial charge in [0, 0.05) is 48.8 Å². The number of anilines is 1. The standard InChI is InChI=1S/C35H33N9O3/c1-24(39-34(45)31-32(36)40-43-14-6-13-37-33(31)43)29-21-27-8-5-7-26(30(27)35(46)44(29)28-9-3-2-4-10-28)12-11-25-22-38-42(23-25)16-15-41-17-19-47-20-18-41/h2-10,13-14,21-24H,15-20H2,1H3,(H3,36,39,40,45)/p+1. The van der Waals surface area contributed by atoms with Crippen LogP contribution >= 0.6 is 0 Å². The molecular formula is C35H34N9O3+. The van der Waals surface area contributed by atoms with Crippen LogP contribution in [0.25, 0.3) is 22.1 Å². The number of hydrogen-bond acceptors (Lipinski definition) is 7. The third-order valence-electron chi connectivity index (χ3n) is 8.31. The fourth-order valence-electron chi connectivity index (χ4n) is 5.93. The van der Waals surface area contributed by atoms with E-state index >= 15 is 0 Å². The number of nitrogen functional groups attached to an aromatic ring is 1. The number of carbonyl (C=O) groups is 1. The van der Waals surface area contributed by atoms with Crippen molar-refractivity contribution in [1.82, 2.24) is 34.6 Å². The van der Waals surface area contributed by atoms with Crippen LogP contribution in [-0.4, -0.2) is 68.1 Å². The van der Waals surface area contributed by atoms with Crippen LogP contribution in [0.2, 0.25) is 0 Å². The summed E-state index contributed by atoms with van der Waals surface area (Å²) in [5.74, 6) is 6.21. The number of morpholine rings is 1. The Morgan fingerprint density at radius 2 is 1.94 bits per heavy atom. The first-order valence-corrected chi connectivity index (χ1v) is 15.5. The minimum atomic E-state index is -0.573.